The third-order valence-electron chi connectivity index (χ3n) is 4.22. The third-order valence-corrected chi connectivity index (χ3v) is 4.87. The number of fused-ring (bicyclic) bond motifs is 1. The van der Waals surface area contributed by atoms with E-state index in [0.717, 1.165) is 44.1 Å². The van der Waals surface area contributed by atoms with E-state index in [1.54, 1.807) is 24.9 Å². The second-order valence-electron chi connectivity index (χ2n) is 5.65. The van der Waals surface area contributed by atoms with Crippen LogP contribution in [-0.2, 0) is 6.54 Å². The lowest BCUT2D eigenvalue weighted by molar-refractivity contribution is 0.249. The van der Waals surface area contributed by atoms with Gasteiger partial charge in [0.1, 0.15) is 12.1 Å². The van der Waals surface area contributed by atoms with Crippen LogP contribution in [0.4, 0.5) is 5.82 Å². The van der Waals surface area contributed by atoms with Crippen LogP contribution in [0.1, 0.15) is 5.56 Å². The molecule has 0 bridgehead atoms. The molecule has 4 heterocycles. The number of aromatic nitrogens is 5. The van der Waals surface area contributed by atoms with Gasteiger partial charge in [-0.1, -0.05) is 23.2 Å². The first-order chi connectivity index (χ1) is 11.7. The molecule has 124 valence electrons. The molecule has 0 unspecified atom stereocenters. The number of pyridine rings is 1. The lowest BCUT2D eigenvalue weighted by atomic mass is 10.2. The van der Waals surface area contributed by atoms with Gasteiger partial charge in [0.2, 0.25) is 0 Å². The topological polar surface area (TPSA) is 62.5 Å². The summed E-state index contributed by atoms with van der Waals surface area (Å²) >= 11 is 12.4. The number of hydrogen-bond acceptors (Lipinski definition) is 6. The average Bonchev–Trinajstić information content (AvgIpc) is 3.08. The second-order valence-corrected chi connectivity index (χ2v) is 6.46. The van der Waals surface area contributed by atoms with E-state index in [0.29, 0.717) is 15.8 Å². The molecular weight excluding hydrogens is 349 g/mol. The molecule has 1 fully saturated rings. The molecule has 9 heteroatoms. The first-order valence-corrected chi connectivity index (χ1v) is 8.38. The molecule has 3 aromatic heterocycles. The third kappa shape index (κ3) is 2.90. The number of hydrogen-bond donors (Lipinski definition) is 0. The Hall–Kier alpha value is -1.96. The highest BCUT2D eigenvalue weighted by Crippen LogP contribution is 2.25. The SMILES string of the molecule is Clc1cncc(Cl)c1CN1CCN(c2ccnc3nncn23)CC1. The molecule has 0 N–H and O–H groups in total. The van der Waals surface area contributed by atoms with Crippen LogP contribution in [0.2, 0.25) is 10.0 Å². The van der Waals surface area contributed by atoms with Gasteiger partial charge < -0.3 is 4.90 Å². The Balaban J connectivity index is 1.46. The molecule has 24 heavy (non-hydrogen) atoms. The Morgan fingerprint density at radius 2 is 1.79 bits per heavy atom. The van der Waals surface area contributed by atoms with Crippen molar-refractivity contribution < 1.29 is 0 Å². The number of rotatable bonds is 3. The summed E-state index contributed by atoms with van der Waals surface area (Å²) in [5.74, 6) is 1.68. The molecular formula is C15H15Cl2N7. The van der Waals surface area contributed by atoms with E-state index in [9.17, 15) is 0 Å². The van der Waals surface area contributed by atoms with Crippen LogP contribution in [0.3, 0.4) is 0 Å². The van der Waals surface area contributed by atoms with Crippen LogP contribution in [0, 0.1) is 0 Å². The lowest BCUT2D eigenvalue weighted by Crippen LogP contribution is -2.46. The molecule has 1 saturated heterocycles. The van der Waals surface area contributed by atoms with Crippen LogP contribution in [0.5, 0.6) is 0 Å². The van der Waals surface area contributed by atoms with Gasteiger partial charge in [0, 0.05) is 56.9 Å². The average molecular weight is 364 g/mol. The van der Waals surface area contributed by atoms with Gasteiger partial charge in [0.05, 0.1) is 10.0 Å². The van der Waals surface area contributed by atoms with Crippen LogP contribution < -0.4 is 4.90 Å². The van der Waals surface area contributed by atoms with Crippen LogP contribution in [-0.4, -0.2) is 55.6 Å². The Kier molecular flexibility index (Phi) is 4.22. The van der Waals surface area contributed by atoms with Crippen molar-refractivity contribution in [3.05, 3.63) is 46.6 Å². The molecule has 4 rings (SSSR count). The molecule has 0 amide bonds. The monoisotopic (exact) mass is 363 g/mol. The van der Waals surface area contributed by atoms with Crippen LogP contribution in [0.15, 0.2) is 31.0 Å². The minimum atomic E-state index is 0.616. The van der Waals surface area contributed by atoms with Crippen molar-refractivity contribution in [2.75, 3.05) is 31.1 Å². The van der Waals surface area contributed by atoms with Gasteiger partial charge in [0.25, 0.3) is 5.78 Å². The predicted octanol–water partition coefficient (Wildman–Crippen LogP) is 2.15. The second kappa shape index (κ2) is 6.51. The predicted molar refractivity (Wildman–Crippen MR) is 92.5 cm³/mol. The molecule has 0 aromatic carbocycles. The summed E-state index contributed by atoms with van der Waals surface area (Å²) < 4.78 is 1.91. The normalized spacial score (nSPS) is 16.0. The van der Waals surface area contributed by atoms with E-state index in [-0.39, 0.29) is 0 Å². The van der Waals surface area contributed by atoms with Crippen molar-refractivity contribution in [1.29, 1.82) is 0 Å². The van der Waals surface area contributed by atoms with Gasteiger partial charge in [-0.15, -0.1) is 10.2 Å². The molecule has 0 spiro atoms. The number of nitrogens with zero attached hydrogens (tertiary/aromatic N) is 7. The van der Waals surface area contributed by atoms with Gasteiger partial charge >= 0.3 is 0 Å². The van der Waals surface area contributed by atoms with Crippen molar-refractivity contribution in [2.24, 2.45) is 0 Å². The van der Waals surface area contributed by atoms with Crippen LogP contribution in [0.25, 0.3) is 5.78 Å². The Morgan fingerprint density at radius 1 is 1.04 bits per heavy atom. The summed E-state index contributed by atoms with van der Waals surface area (Å²) in [7, 11) is 0. The molecule has 3 aromatic rings. The fraction of sp³-hybridized carbons (Fsp3) is 0.333. The fourth-order valence-electron chi connectivity index (χ4n) is 2.94. The van der Waals surface area contributed by atoms with Crippen molar-refractivity contribution >= 4 is 34.8 Å². The van der Waals surface area contributed by atoms with E-state index >= 15 is 0 Å². The molecule has 0 radical (unpaired) electrons. The van der Waals surface area contributed by atoms with E-state index < -0.39 is 0 Å². The molecule has 7 nitrogen and oxygen atoms in total. The Labute approximate surface area is 148 Å². The molecule has 0 atom stereocenters. The minimum Gasteiger partial charge on any atom is -0.355 e. The van der Waals surface area contributed by atoms with E-state index in [4.69, 9.17) is 23.2 Å². The first kappa shape index (κ1) is 15.6. The molecule has 1 aliphatic rings. The summed E-state index contributed by atoms with van der Waals surface area (Å²) in [6, 6.07) is 1.99. The molecule has 0 saturated carbocycles. The zero-order valence-electron chi connectivity index (χ0n) is 12.8. The largest absolute Gasteiger partial charge is 0.355 e. The minimum absolute atomic E-state index is 0.616. The zero-order valence-corrected chi connectivity index (χ0v) is 14.3. The Morgan fingerprint density at radius 3 is 2.54 bits per heavy atom. The Bertz CT molecular complexity index is 838. The van der Waals surface area contributed by atoms with E-state index in [1.165, 1.54) is 0 Å². The highest BCUT2D eigenvalue weighted by Gasteiger charge is 2.21. The summed E-state index contributed by atoms with van der Waals surface area (Å²) in [4.78, 5) is 12.9. The highest BCUT2D eigenvalue weighted by atomic mass is 35.5. The number of piperazine rings is 1. The van der Waals surface area contributed by atoms with Gasteiger partial charge in [0.15, 0.2) is 0 Å². The van der Waals surface area contributed by atoms with Crippen molar-refractivity contribution in [1.82, 2.24) is 29.5 Å². The summed E-state index contributed by atoms with van der Waals surface area (Å²) in [6.07, 6.45) is 6.74. The highest BCUT2D eigenvalue weighted by molar-refractivity contribution is 6.35. The lowest BCUT2D eigenvalue weighted by Gasteiger charge is -2.36. The summed E-state index contributed by atoms with van der Waals surface area (Å²) in [5, 5.41) is 9.15. The quantitative estimate of drug-likeness (QED) is 0.710. The van der Waals surface area contributed by atoms with Crippen molar-refractivity contribution in [3.63, 3.8) is 0 Å². The fourth-order valence-corrected chi connectivity index (χ4v) is 3.42. The van der Waals surface area contributed by atoms with E-state index in [1.807, 2.05) is 10.5 Å². The van der Waals surface area contributed by atoms with Gasteiger partial charge in [-0.2, -0.15) is 0 Å². The number of anilines is 1. The molecule has 0 aliphatic carbocycles. The first-order valence-electron chi connectivity index (χ1n) is 7.62. The standard InChI is InChI=1S/C15H15Cl2N7/c16-12-7-18-8-13(17)11(12)9-22-3-5-23(6-4-22)14-1-2-19-15-21-20-10-24(14)15/h1-2,7-8,10H,3-6,9H2. The van der Waals surface area contributed by atoms with Crippen LogP contribution >= 0.6 is 23.2 Å². The van der Waals surface area contributed by atoms with Crippen molar-refractivity contribution in [3.8, 4) is 0 Å². The maximum atomic E-state index is 6.22. The van der Waals surface area contributed by atoms with E-state index in [2.05, 4.69) is 30.0 Å². The maximum Gasteiger partial charge on any atom is 0.256 e. The smallest absolute Gasteiger partial charge is 0.256 e. The van der Waals surface area contributed by atoms with Gasteiger partial charge in [-0.3, -0.25) is 14.3 Å². The summed E-state index contributed by atoms with van der Waals surface area (Å²) in [6.45, 7) is 4.36. The summed E-state index contributed by atoms with van der Waals surface area (Å²) in [5.41, 5.74) is 0.937. The zero-order chi connectivity index (χ0) is 16.5. The number of halogens is 2. The van der Waals surface area contributed by atoms with Gasteiger partial charge in [-0.05, 0) is 6.07 Å². The van der Waals surface area contributed by atoms with Gasteiger partial charge in [-0.25, -0.2) is 4.98 Å². The van der Waals surface area contributed by atoms with Crippen molar-refractivity contribution in [2.45, 2.75) is 6.54 Å². The molecule has 1 aliphatic heterocycles. The maximum absolute atomic E-state index is 6.22.